The summed E-state index contributed by atoms with van der Waals surface area (Å²) in [5.41, 5.74) is 0.704. The molecule has 0 aliphatic rings. The van der Waals surface area contributed by atoms with Crippen molar-refractivity contribution >= 4 is 32.4 Å². The maximum atomic E-state index is 11.1. The third-order valence-electron chi connectivity index (χ3n) is 1.67. The average Bonchev–Trinajstić information content (AvgIpc) is 2.06. The maximum Gasteiger partial charge on any atom is 0.151 e. The molecule has 78 valence electrons. The van der Waals surface area contributed by atoms with Crippen LogP contribution in [0.1, 0.15) is 5.56 Å². The van der Waals surface area contributed by atoms with E-state index < -0.39 is 9.84 Å². The molecule has 1 aromatic carbocycles. The molecule has 0 spiro atoms. The highest BCUT2D eigenvalue weighted by molar-refractivity contribution is 14.1. The minimum atomic E-state index is -3.01. The summed E-state index contributed by atoms with van der Waals surface area (Å²) in [5.74, 6) is 0.648. The zero-order valence-corrected chi connectivity index (χ0v) is 10.9. The number of hydrogen-bond donors (Lipinski definition) is 0. The van der Waals surface area contributed by atoms with Crippen LogP contribution in [-0.4, -0.2) is 21.8 Å². The Morgan fingerprint density at radius 2 is 2.07 bits per heavy atom. The zero-order chi connectivity index (χ0) is 10.8. The normalized spacial score (nSPS) is 11.4. The van der Waals surface area contributed by atoms with E-state index in [0.29, 0.717) is 11.3 Å². The summed E-state index contributed by atoms with van der Waals surface area (Å²) >= 11 is 2.15. The molecule has 0 unspecified atom stereocenters. The third-order valence-corrected chi connectivity index (χ3v) is 3.17. The van der Waals surface area contributed by atoms with E-state index in [-0.39, 0.29) is 5.75 Å². The Bertz CT molecular complexity index is 426. The number of hydrogen-bond acceptors (Lipinski definition) is 3. The van der Waals surface area contributed by atoms with Crippen LogP contribution < -0.4 is 4.74 Å². The van der Waals surface area contributed by atoms with Crippen molar-refractivity contribution in [3.63, 3.8) is 0 Å². The highest BCUT2D eigenvalue weighted by atomic mass is 127. The Labute approximate surface area is 97.5 Å². The van der Waals surface area contributed by atoms with Crippen LogP contribution in [0.15, 0.2) is 18.2 Å². The molecule has 0 aliphatic carbocycles. The van der Waals surface area contributed by atoms with Gasteiger partial charge in [-0.2, -0.15) is 0 Å². The van der Waals surface area contributed by atoms with Gasteiger partial charge in [-0.25, -0.2) is 8.42 Å². The summed E-state index contributed by atoms with van der Waals surface area (Å²) in [6.07, 6.45) is 1.21. The highest BCUT2D eigenvalue weighted by Gasteiger charge is 2.09. The quantitative estimate of drug-likeness (QED) is 0.796. The van der Waals surface area contributed by atoms with Crippen molar-refractivity contribution in [2.75, 3.05) is 13.4 Å². The first kappa shape index (κ1) is 11.8. The van der Waals surface area contributed by atoms with Gasteiger partial charge in [-0.3, -0.25) is 0 Å². The van der Waals surface area contributed by atoms with Gasteiger partial charge in [0.15, 0.2) is 9.84 Å². The van der Waals surface area contributed by atoms with Crippen LogP contribution in [0.2, 0.25) is 0 Å². The molecule has 1 rings (SSSR count). The number of methoxy groups -OCH3 is 1. The zero-order valence-electron chi connectivity index (χ0n) is 7.95. The van der Waals surface area contributed by atoms with Crippen molar-refractivity contribution in [3.05, 3.63) is 27.3 Å². The van der Waals surface area contributed by atoms with Gasteiger partial charge in [0.1, 0.15) is 5.75 Å². The fourth-order valence-corrected chi connectivity index (χ4v) is 2.39. The topological polar surface area (TPSA) is 43.4 Å². The molecule has 0 saturated carbocycles. The third kappa shape index (κ3) is 3.45. The first-order chi connectivity index (χ1) is 6.42. The molecule has 0 saturated heterocycles. The van der Waals surface area contributed by atoms with E-state index in [2.05, 4.69) is 22.6 Å². The Morgan fingerprint density at radius 1 is 1.43 bits per heavy atom. The molecule has 14 heavy (non-hydrogen) atoms. The van der Waals surface area contributed by atoms with Crippen LogP contribution in [0.3, 0.4) is 0 Å². The van der Waals surface area contributed by atoms with Crippen LogP contribution in [0.5, 0.6) is 5.75 Å². The molecular weight excluding hydrogens is 315 g/mol. The van der Waals surface area contributed by atoms with Crippen molar-refractivity contribution in [1.82, 2.24) is 0 Å². The summed E-state index contributed by atoms with van der Waals surface area (Å²) in [7, 11) is -1.47. The monoisotopic (exact) mass is 326 g/mol. The van der Waals surface area contributed by atoms with Gasteiger partial charge in [0, 0.05) is 15.4 Å². The van der Waals surface area contributed by atoms with Gasteiger partial charge in [0.05, 0.1) is 12.9 Å². The number of halogens is 1. The summed E-state index contributed by atoms with van der Waals surface area (Å²) < 4.78 is 28.3. The lowest BCUT2D eigenvalue weighted by atomic mass is 10.2. The summed E-state index contributed by atoms with van der Waals surface area (Å²) in [5, 5.41) is 0. The van der Waals surface area contributed by atoms with Gasteiger partial charge in [-0.15, -0.1) is 0 Å². The fourth-order valence-electron chi connectivity index (χ4n) is 1.12. The molecule has 0 bridgehead atoms. The van der Waals surface area contributed by atoms with Gasteiger partial charge in [-0.1, -0.05) is 6.07 Å². The molecule has 0 aromatic heterocycles. The molecule has 0 atom stereocenters. The standard InChI is InChI=1S/C9H11IO3S/c1-13-9-5-8(10)4-3-7(9)6-14(2,11)12/h3-5H,6H2,1-2H3. The minimum absolute atomic E-state index is 0.0209. The molecular formula is C9H11IO3S. The second-order valence-corrected chi connectivity index (χ2v) is 6.41. The lowest BCUT2D eigenvalue weighted by Crippen LogP contribution is -2.02. The Morgan fingerprint density at radius 3 is 2.57 bits per heavy atom. The molecule has 0 heterocycles. The van der Waals surface area contributed by atoms with E-state index in [0.717, 1.165) is 3.57 Å². The van der Waals surface area contributed by atoms with Gasteiger partial charge in [0.2, 0.25) is 0 Å². The van der Waals surface area contributed by atoms with Crippen molar-refractivity contribution in [2.45, 2.75) is 5.75 Å². The number of ether oxygens (including phenoxy) is 1. The second kappa shape index (κ2) is 4.48. The van der Waals surface area contributed by atoms with Gasteiger partial charge >= 0.3 is 0 Å². The predicted molar refractivity (Wildman–Crippen MR) is 64.3 cm³/mol. The largest absolute Gasteiger partial charge is 0.496 e. The maximum absolute atomic E-state index is 11.1. The molecule has 5 heteroatoms. The second-order valence-electron chi connectivity index (χ2n) is 3.03. The fraction of sp³-hybridized carbons (Fsp3) is 0.333. The Hall–Kier alpha value is -0.300. The van der Waals surface area contributed by atoms with Crippen LogP contribution in [0.25, 0.3) is 0 Å². The highest BCUT2D eigenvalue weighted by Crippen LogP contribution is 2.22. The van der Waals surface area contributed by atoms with E-state index in [1.54, 1.807) is 6.07 Å². The lowest BCUT2D eigenvalue weighted by Gasteiger charge is -2.07. The van der Waals surface area contributed by atoms with E-state index in [1.807, 2.05) is 12.1 Å². The van der Waals surface area contributed by atoms with Gasteiger partial charge in [0.25, 0.3) is 0 Å². The van der Waals surface area contributed by atoms with Gasteiger partial charge < -0.3 is 4.74 Å². The summed E-state index contributed by atoms with van der Waals surface area (Å²) in [6, 6.07) is 5.46. The minimum Gasteiger partial charge on any atom is -0.496 e. The average molecular weight is 326 g/mol. The van der Waals surface area contributed by atoms with E-state index in [4.69, 9.17) is 4.74 Å². The van der Waals surface area contributed by atoms with E-state index in [1.165, 1.54) is 13.4 Å². The Kier molecular flexibility index (Phi) is 3.77. The first-order valence-electron chi connectivity index (χ1n) is 3.92. The molecule has 0 fully saturated rings. The van der Waals surface area contributed by atoms with E-state index >= 15 is 0 Å². The summed E-state index contributed by atoms with van der Waals surface area (Å²) in [6.45, 7) is 0. The van der Waals surface area contributed by atoms with Gasteiger partial charge in [-0.05, 0) is 34.7 Å². The van der Waals surface area contributed by atoms with Crippen LogP contribution in [0.4, 0.5) is 0 Å². The van der Waals surface area contributed by atoms with Crippen LogP contribution in [0, 0.1) is 3.57 Å². The molecule has 3 nitrogen and oxygen atoms in total. The van der Waals surface area contributed by atoms with Crippen molar-refractivity contribution in [1.29, 1.82) is 0 Å². The van der Waals surface area contributed by atoms with Crippen molar-refractivity contribution in [3.8, 4) is 5.75 Å². The predicted octanol–water partition coefficient (Wildman–Crippen LogP) is 1.84. The number of benzene rings is 1. The first-order valence-corrected chi connectivity index (χ1v) is 7.06. The SMILES string of the molecule is COc1cc(I)ccc1CS(C)(=O)=O. The van der Waals surface area contributed by atoms with Crippen LogP contribution in [-0.2, 0) is 15.6 Å². The molecule has 1 aromatic rings. The lowest BCUT2D eigenvalue weighted by molar-refractivity contribution is 0.410. The van der Waals surface area contributed by atoms with E-state index in [9.17, 15) is 8.42 Å². The molecule has 0 radical (unpaired) electrons. The number of sulfone groups is 1. The van der Waals surface area contributed by atoms with Crippen molar-refractivity contribution in [2.24, 2.45) is 0 Å². The summed E-state index contributed by atoms with van der Waals surface area (Å²) in [4.78, 5) is 0. The molecule has 0 aliphatic heterocycles. The molecule has 0 amide bonds. The van der Waals surface area contributed by atoms with Crippen LogP contribution >= 0.6 is 22.6 Å². The number of rotatable bonds is 3. The van der Waals surface area contributed by atoms with Crippen molar-refractivity contribution < 1.29 is 13.2 Å². The Balaban J connectivity index is 3.09. The smallest absolute Gasteiger partial charge is 0.151 e. The molecule has 0 N–H and O–H groups in total.